The largest absolute Gasteiger partial charge is 0.494 e. The second-order valence-corrected chi connectivity index (χ2v) is 7.06. The first-order valence-electron chi connectivity index (χ1n) is 10.1. The third-order valence-corrected chi connectivity index (χ3v) is 5.10. The van der Waals surface area contributed by atoms with Gasteiger partial charge in [-0.15, -0.1) is 0 Å². The Hall–Kier alpha value is -3.55. The van der Waals surface area contributed by atoms with E-state index in [9.17, 15) is 14.4 Å². The van der Waals surface area contributed by atoms with Gasteiger partial charge < -0.3 is 14.2 Å². The van der Waals surface area contributed by atoms with Gasteiger partial charge in [0.1, 0.15) is 11.7 Å². The predicted octanol–water partition coefficient (Wildman–Crippen LogP) is 2.58. The van der Waals surface area contributed by atoms with E-state index < -0.39 is 23.8 Å². The molecule has 164 valence electrons. The van der Waals surface area contributed by atoms with Crippen LogP contribution in [0.1, 0.15) is 18.1 Å². The fourth-order valence-electron chi connectivity index (χ4n) is 3.45. The van der Waals surface area contributed by atoms with Gasteiger partial charge in [-0.1, -0.05) is 18.2 Å². The normalized spacial score (nSPS) is 16.2. The molecule has 8 heteroatoms. The minimum absolute atomic E-state index is 0.146. The van der Waals surface area contributed by atoms with Crippen molar-refractivity contribution in [2.75, 3.05) is 27.4 Å². The second kappa shape index (κ2) is 9.97. The molecule has 4 amide bonds. The number of hydrogen-bond donors (Lipinski definition) is 1. The number of rotatable bonds is 9. The number of nitrogens with one attached hydrogen (secondary N) is 1. The van der Waals surface area contributed by atoms with Crippen LogP contribution in [0, 0.1) is 5.92 Å². The molecule has 8 nitrogen and oxygen atoms in total. The first-order valence-corrected chi connectivity index (χ1v) is 10.1. The van der Waals surface area contributed by atoms with Crippen LogP contribution >= 0.6 is 0 Å². The van der Waals surface area contributed by atoms with Crippen LogP contribution < -0.4 is 19.5 Å². The summed E-state index contributed by atoms with van der Waals surface area (Å²) in [6.07, 6.45) is 0.626. The lowest BCUT2D eigenvalue weighted by molar-refractivity contribution is -0.142. The fraction of sp³-hybridized carbons (Fsp3) is 0.348. The van der Waals surface area contributed by atoms with Crippen molar-refractivity contribution in [3.05, 3.63) is 53.6 Å². The molecule has 0 saturated carbocycles. The van der Waals surface area contributed by atoms with E-state index in [1.165, 1.54) is 0 Å². The van der Waals surface area contributed by atoms with E-state index in [4.69, 9.17) is 14.2 Å². The highest BCUT2D eigenvalue weighted by Crippen LogP contribution is 2.28. The van der Waals surface area contributed by atoms with Crippen molar-refractivity contribution in [1.82, 2.24) is 10.2 Å². The number of urea groups is 1. The van der Waals surface area contributed by atoms with E-state index in [1.807, 2.05) is 25.1 Å². The fourth-order valence-corrected chi connectivity index (χ4v) is 3.45. The van der Waals surface area contributed by atoms with Gasteiger partial charge in [0.05, 0.1) is 20.8 Å². The van der Waals surface area contributed by atoms with Crippen LogP contribution in [-0.2, 0) is 22.4 Å². The van der Waals surface area contributed by atoms with Crippen molar-refractivity contribution in [2.24, 2.45) is 5.92 Å². The van der Waals surface area contributed by atoms with Crippen LogP contribution in [0.25, 0.3) is 0 Å². The molecule has 1 fully saturated rings. The molecular formula is C23H26N2O6. The molecule has 2 aromatic carbocycles. The second-order valence-electron chi connectivity index (χ2n) is 7.06. The zero-order chi connectivity index (χ0) is 22.4. The molecule has 1 aliphatic rings. The van der Waals surface area contributed by atoms with Gasteiger partial charge in [-0.25, -0.2) is 4.79 Å². The summed E-state index contributed by atoms with van der Waals surface area (Å²) in [7, 11) is 3.09. The Labute approximate surface area is 181 Å². The molecule has 0 bridgehead atoms. The predicted molar refractivity (Wildman–Crippen MR) is 113 cm³/mol. The summed E-state index contributed by atoms with van der Waals surface area (Å²) in [5.41, 5.74) is 1.68. The van der Waals surface area contributed by atoms with Crippen molar-refractivity contribution in [3.63, 3.8) is 0 Å². The minimum atomic E-state index is -0.957. The SMILES string of the molecule is CCOc1ccc(C[C@@H]2C(=O)NC(=O)N(CCc3ccc(OC)c(OC)c3)C2=O)cc1. The number of ether oxygens (including phenoxy) is 3. The number of imide groups is 2. The number of carbonyl (C=O) groups excluding carboxylic acids is 3. The minimum Gasteiger partial charge on any atom is -0.494 e. The molecule has 1 heterocycles. The zero-order valence-electron chi connectivity index (χ0n) is 17.8. The molecule has 3 rings (SSSR count). The third-order valence-electron chi connectivity index (χ3n) is 5.10. The molecule has 2 aromatic rings. The molecule has 1 saturated heterocycles. The highest BCUT2D eigenvalue weighted by Gasteiger charge is 2.40. The topological polar surface area (TPSA) is 94.2 Å². The van der Waals surface area contributed by atoms with Gasteiger partial charge in [-0.2, -0.15) is 0 Å². The summed E-state index contributed by atoms with van der Waals surface area (Å²) in [5, 5.41) is 2.30. The molecule has 31 heavy (non-hydrogen) atoms. The van der Waals surface area contributed by atoms with Crippen molar-refractivity contribution in [3.8, 4) is 17.2 Å². The average Bonchev–Trinajstić information content (AvgIpc) is 2.77. The van der Waals surface area contributed by atoms with Gasteiger partial charge in [-0.05, 0) is 55.2 Å². The zero-order valence-corrected chi connectivity index (χ0v) is 17.8. The Morgan fingerprint density at radius 2 is 1.61 bits per heavy atom. The van der Waals surface area contributed by atoms with E-state index in [1.54, 1.807) is 38.5 Å². The summed E-state index contributed by atoms with van der Waals surface area (Å²) in [5.74, 6) is -0.148. The molecule has 1 atom stereocenters. The Balaban J connectivity index is 1.69. The third kappa shape index (κ3) is 5.14. The Morgan fingerprint density at radius 1 is 0.935 bits per heavy atom. The number of methoxy groups -OCH3 is 2. The van der Waals surface area contributed by atoms with E-state index in [0.29, 0.717) is 24.5 Å². The monoisotopic (exact) mass is 426 g/mol. The highest BCUT2D eigenvalue weighted by atomic mass is 16.5. The van der Waals surface area contributed by atoms with E-state index in [0.717, 1.165) is 21.8 Å². The van der Waals surface area contributed by atoms with Crippen molar-refractivity contribution < 1.29 is 28.6 Å². The van der Waals surface area contributed by atoms with Crippen LogP contribution in [0.4, 0.5) is 4.79 Å². The lowest BCUT2D eigenvalue weighted by Gasteiger charge is -2.30. The molecule has 1 aliphatic heterocycles. The smallest absolute Gasteiger partial charge is 0.330 e. The van der Waals surface area contributed by atoms with Crippen molar-refractivity contribution in [2.45, 2.75) is 19.8 Å². The van der Waals surface area contributed by atoms with Crippen LogP contribution in [0.3, 0.4) is 0 Å². The van der Waals surface area contributed by atoms with Crippen LogP contribution in [0.2, 0.25) is 0 Å². The van der Waals surface area contributed by atoms with Gasteiger partial charge in [0.2, 0.25) is 11.8 Å². The van der Waals surface area contributed by atoms with E-state index in [-0.39, 0.29) is 13.0 Å². The van der Waals surface area contributed by atoms with E-state index in [2.05, 4.69) is 5.32 Å². The van der Waals surface area contributed by atoms with Gasteiger partial charge in [0.15, 0.2) is 11.5 Å². The summed E-state index contributed by atoms with van der Waals surface area (Å²) >= 11 is 0. The molecule has 0 radical (unpaired) electrons. The number of benzene rings is 2. The summed E-state index contributed by atoms with van der Waals surface area (Å²) in [6, 6.07) is 11.9. The number of nitrogens with zero attached hydrogens (tertiary/aromatic N) is 1. The lowest BCUT2D eigenvalue weighted by Crippen LogP contribution is -2.58. The maximum atomic E-state index is 12.9. The molecule has 0 aliphatic carbocycles. The average molecular weight is 426 g/mol. The maximum absolute atomic E-state index is 12.9. The summed E-state index contributed by atoms with van der Waals surface area (Å²) < 4.78 is 15.9. The standard InChI is InChI=1S/C23H26N2O6/c1-4-31-17-8-5-15(6-9-17)13-18-21(26)24-23(28)25(22(18)27)12-11-16-7-10-19(29-2)20(14-16)30-3/h5-10,14,18H,4,11-13H2,1-3H3,(H,24,26,28)/t18-/m1/s1. The number of carbonyl (C=O) groups is 3. The van der Waals surface area contributed by atoms with Crippen molar-refractivity contribution >= 4 is 17.8 Å². The van der Waals surface area contributed by atoms with Gasteiger partial charge >= 0.3 is 6.03 Å². The first kappa shape index (κ1) is 22.1. The van der Waals surface area contributed by atoms with Crippen LogP contribution in [-0.4, -0.2) is 50.1 Å². The first-order chi connectivity index (χ1) is 15.0. The molecule has 0 unspecified atom stereocenters. The molecule has 1 N–H and O–H groups in total. The summed E-state index contributed by atoms with van der Waals surface area (Å²) in [6.45, 7) is 2.60. The Bertz CT molecular complexity index is 957. The molecule has 0 aromatic heterocycles. The van der Waals surface area contributed by atoms with Crippen LogP contribution in [0.5, 0.6) is 17.2 Å². The van der Waals surface area contributed by atoms with Gasteiger partial charge in [-0.3, -0.25) is 19.8 Å². The van der Waals surface area contributed by atoms with Crippen molar-refractivity contribution in [1.29, 1.82) is 0 Å². The van der Waals surface area contributed by atoms with Crippen LogP contribution in [0.15, 0.2) is 42.5 Å². The lowest BCUT2D eigenvalue weighted by atomic mass is 9.95. The van der Waals surface area contributed by atoms with Gasteiger partial charge in [0.25, 0.3) is 0 Å². The Kier molecular flexibility index (Phi) is 7.12. The Morgan fingerprint density at radius 3 is 2.26 bits per heavy atom. The summed E-state index contributed by atoms with van der Waals surface area (Å²) in [4.78, 5) is 38.6. The quantitative estimate of drug-likeness (QED) is 0.620. The van der Waals surface area contributed by atoms with E-state index >= 15 is 0 Å². The highest BCUT2D eigenvalue weighted by molar-refractivity contribution is 6.16. The number of hydrogen-bond acceptors (Lipinski definition) is 6. The maximum Gasteiger partial charge on any atom is 0.330 e. The number of barbiturate groups is 1. The number of amides is 4. The molecule has 0 spiro atoms. The molecular weight excluding hydrogens is 400 g/mol. The van der Waals surface area contributed by atoms with Gasteiger partial charge in [0, 0.05) is 6.54 Å².